The van der Waals surface area contributed by atoms with Gasteiger partial charge in [0.05, 0.1) is 48.4 Å². The number of aromatic nitrogens is 1. The number of nitrogens with one attached hydrogen (secondary N) is 2. The summed E-state index contributed by atoms with van der Waals surface area (Å²) in [7, 11) is 1.57. The first-order chi connectivity index (χ1) is 25.7. The third kappa shape index (κ3) is 6.07. The summed E-state index contributed by atoms with van der Waals surface area (Å²) in [5, 5.41) is 3.61. The summed E-state index contributed by atoms with van der Waals surface area (Å²) < 4.78 is 22.3. The molecular formula is C39H37N3O9S2. The van der Waals surface area contributed by atoms with Gasteiger partial charge in [-0.2, -0.15) is 0 Å². The third-order valence-electron chi connectivity index (χ3n) is 10.7. The second kappa shape index (κ2) is 14.0. The zero-order valence-corrected chi connectivity index (χ0v) is 30.8. The average molecular weight is 756 g/mol. The lowest BCUT2D eigenvalue weighted by Crippen LogP contribution is -2.42. The Morgan fingerprint density at radius 2 is 1.62 bits per heavy atom. The van der Waals surface area contributed by atoms with E-state index in [1.807, 2.05) is 19.1 Å². The maximum absolute atomic E-state index is 14.1. The first-order valence-electron chi connectivity index (χ1n) is 17.6. The van der Waals surface area contributed by atoms with Crippen molar-refractivity contribution in [3.63, 3.8) is 0 Å². The van der Waals surface area contributed by atoms with Crippen LogP contribution in [-0.4, -0.2) is 60.9 Å². The van der Waals surface area contributed by atoms with Crippen LogP contribution in [0.4, 0.5) is 11.4 Å². The Morgan fingerprint density at radius 1 is 0.887 bits per heavy atom. The van der Waals surface area contributed by atoms with Gasteiger partial charge in [0.2, 0.25) is 11.8 Å². The minimum absolute atomic E-state index is 0.00000675. The van der Waals surface area contributed by atoms with E-state index in [1.165, 1.54) is 16.2 Å². The van der Waals surface area contributed by atoms with Gasteiger partial charge in [-0.25, -0.2) is 4.79 Å². The van der Waals surface area contributed by atoms with E-state index in [0.717, 1.165) is 21.9 Å². The maximum atomic E-state index is 14.1. The molecule has 4 aliphatic rings. The second-order valence-electron chi connectivity index (χ2n) is 13.4. The molecule has 0 spiro atoms. The number of hydrogen-bond acceptors (Lipinski definition) is 11. The van der Waals surface area contributed by atoms with Crippen molar-refractivity contribution in [1.29, 1.82) is 0 Å². The fourth-order valence-corrected chi connectivity index (χ4v) is 11.6. The monoisotopic (exact) mass is 755 g/mol. The van der Waals surface area contributed by atoms with Crippen LogP contribution in [-0.2, 0) is 19.1 Å². The third-order valence-corrected chi connectivity index (χ3v) is 13.3. The summed E-state index contributed by atoms with van der Waals surface area (Å²) in [4.78, 5) is 70.8. The van der Waals surface area contributed by atoms with Crippen molar-refractivity contribution in [1.82, 2.24) is 4.98 Å². The quantitative estimate of drug-likeness (QED) is 0.144. The van der Waals surface area contributed by atoms with E-state index in [-0.39, 0.29) is 58.8 Å². The predicted molar refractivity (Wildman–Crippen MR) is 198 cm³/mol. The molecule has 3 heterocycles. The van der Waals surface area contributed by atoms with E-state index in [9.17, 15) is 24.0 Å². The highest BCUT2D eigenvalue weighted by Crippen LogP contribution is 2.68. The fourth-order valence-electron chi connectivity index (χ4n) is 8.73. The Labute approximate surface area is 313 Å². The van der Waals surface area contributed by atoms with Crippen LogP contribution in [0.15, 0.2) is 76.6 Å². The molecule has 274 valence electrons. The van der Waals surface area contributed by atoms with Gasteiger partial charge in [-0.15, -0.1) is 11.8 Å². The van der Waals surface area contributed by atoms with Gasteiger partial charge >= 0.3 is 10.8 Å². The van der Waals surface area contributed by atoms with Crippen LogP contribution < -0.4 is 29.3 Å². The van der Waals surface area contributed by atoms with Crippen molar-refractivity contribution in [2.24, 2.45) is 29.6 Å². The number of methoxy groups -OCH3 is 1. The molecule has 3 aromatic carbocycles. The zero-order chi connectivity index (χ0) is 37.0. The van der Waals surface area contributed by atoms with Crippen LogP contribution in [0.1, 0.15) is 47.0 Å². The predicted octanol–water partition coefficient (Wildman–Crippen LogP) is 5.72. The van der Waals surface area contributed by atoms with Crippen LogP contribution in [0, 0.1) is 29.6 Å². The smallest absolute Gasteiger partial charge is 0.338 e. The van der Waals surface area contributed by atoms with Gasteiger partial charge in [0.1, 0.15) is 5.75 Å². The molecule has 12 nitrogen and oxygen atoms in total. The molecule has 4 aromatic rings. The van der Waals surface area contributed by atoms with Crippen LogP contribution in [0.3, 0.4) is 0 Å². The molecule has 2 aliphatic heterocycles. The number of anilines is 2. The lowest BCUT2D eigenvalue weighted by Gasteiger charge is -2.43. The molecule has 1 saturated heterocycles. The summed E-state index contributed by atoms with van der Waals surface area (Å²) in [6.45, 7) is 3.92. The first-order valence-corrected chi connectivity index (χ1v) is 19.3. The number of benzene rings is 3. The number of fused-ring (bicyclic) bond motifs is 9. The van der Waals surface area contributed by atoms with Crippen molar-refractivity contribution in [3.8, 4) is 17.2 Å². The number of carbonyl (C=O) groups is 4. The molecule has 53 heavy (non-hydrogen) atoms. The number of imide groups is 1. The van der Waals surface area contributed by atoms with E-state index >= 15 is 0 Å². The molecule has 3 fully saturated rings. The van der Waals surface area contributed by atoms with Crippen LogP contribution in [0.5, 0.6) is 17.2 Å². The van der Waals surface area contributed by atoms with Crippen molar-refractivity contribution in [2.45, 2.75) is 36.5 Å². The Bertz CT molecular complexity index is 2150. The van der Waals surface area contributed by atoms with E-state index < -0.39 is 23.7 Å². The first kappa shape index (κ1) is 35.0. The van der Waals surface area contributed by atoms with E-state index in [0.29, 0.717) is 40.8 Å². The maximum Gasteiger partial charge on any atom is 0.338 e. The number of nitrogens with zero attached hydrogens (tertiary/aromatic N) is 1. The lowest BCUT2D eigenvalue weighted by molar-refractivity contribution is -0.123. The molecule has 7 atom stereocenters. The molecular weight excluding hydrogens is 719 g/mol. The number of ether oxygens (including phenoxy) is 4. The largest absolute Gasteiger partial charge is 0.497 e. The molecule has 14 heteroatoms. The minimum atomic E-state index is -0.440. The van der Waals surface area contributed by atoms with Gasteiger partial charge < -0.3 is 29.2 Å². The Balaban J connectivity index is 1.04. The summed E-state index contributed by atoms with van der Waals surface area (Å²) >= 11 is 2.81. The molecule has 2 saturated carbocycles. The Hall–Kier alpha value is -5.08. The van der Waals surface area contributed by atoms with Crippen LogP contribution in [0.2, 0.25) is 0 Å². The number of hydrogen-bond donors (Lipinski definition) is 2. The number of thiazole rings is 1. The number of thioether (sulfide) groups is 1. The molecule has 8 rings (SSSR count). The van der Waals surface area contributed by atoms with Gasteiger partial charge in [0, 0.05) is 21.7 Å². The highest BCUT2D eigenvalue weighted by atomic mass is 32.2. The van der Waals surface area contributed by atoms with E-state index in [1.54, 1.807) is 80.4 Å². The fraction of sp³-hybridized carbons (Fsp3) is 0.359. The van der Waals surface area contributed by atoms with E-state index in [2.05, 4.69) is 10.3 Å². The molecule has 2 aliphatic carbocycles. The number of esters is 1. The number of carbonyl (C=O) groups excluding carboxylic acids is 4. The van der Waals surface area contributed by atoms with Gasteiger partial charge in [-0.05, 0) is 104 Å². The van der Waals surface area contributed by atoms with Gasteiger partial charge in [-0.3, -0.25) is 24.1 Å². The normalized spacial score (nSPS) is 25.0. The zero-order valence-electron chi connectivity index (χ0n) is 29.2. The number of H-pyrrole nitrogens is 1. The number of amides is 3. The van der Waals surface area contributed by atoms with E-state index in [4.69, 9.17) is 18.9 Å². The average Bonchev–Trinajstić information content (AvgIpc) is 3.90. The SMILES string of the molecule is CCOC(=O)c1ccc(NC(=O)COc2ccc([C@H]3c4sc(=O)[nH]c4SC4C3[C@H]3C[C@@H]4C4C(=O)N(c5ccc(OC)cc5)C(=O)C43)cc2OCC)cc1. The molecule has 2 N–H and O–H groups in total. The number of aromatic amines is 1. The van der Waals surface area contributed by atoms with Crippen LogP contribution in [0.25, 0.3) is 0 Å². The standard InChI is InChI=1S/C39H37N3O9S2/c1-4-49-27-16-20(8-15-26(27)51-18-28(43)40-21-9-6-19(7-10-21)38(46)50-5-2)29-30-24-17-25(33(30)52-35-34(29)53-39(47)41-35)32-31(24)36(44)42(37(32)45)22-11-13-23(48-3)14-12-22/h6-16,24-25,29-33H,4-5,17-18H2,1-3H3,(H,40,43)(H,41,47)/t24-,25-,29-,30?,31?,32?,33?/m1/s1. The van der Waals surface area contributed by atoms with Crippen molar-refractivity contribution in [2.75, 3.05) is 37.1 Å². The lowest BCUT2D eigenvalue weighted by atomic mass is 9.68. The summed E-state index contributed by atoms with van der Waals surface area (Å²) in [6, 6.07) is 19.0. The summed E-state index contributed by atoms with van der Waals surface area (Å²) in [5.74, 6) is -0.827. The van der Waals surface area contributed by atoms with Gasteiger partial charge in [0.25, 0.3) is 5.91 Å². The Kier molecular flexibility index (Phi) is 9.27. The molecule has 2 bridgehead atoms. The molecule has 1 aromatic heterocycles. The van der Waals surface area contributed by atoms with Gasteiger partial charge in [0.15, 0.2) is 18.1 Å². The number of rotatable bonds is 11. The highest BCUT2D eigenvalue weighted by molar-refractivity contribution is 8.00. The molecule has 0 radical (unpaired) electrons. The van der Waals surface area contributed by atoms with Crippen molar-refractivity contribution in [3.05, 3.63) is 92.4 Å². The van der Waals surface area contributed by atoms with Crippen LogP contribution >= 0.6 is 23.1 Å². The highest BCUT2D eigenvalue weighted by Gasteiger charge is 2.69. The van der Waals surface area contributed by atoms with Crippen molar-refractivity contribution < 1.29 is 38.1 Å². The minimum Gasteiger partial charge on any atom is -0.497 e. The molecule has 3 amide bonds. The topological polar surface area (TPSA) is 153 Å². The van der Waals surface area contributed by atoms with Gasteiger partial charge in [-0.1, -0.05) is 17.4 Å². The second-order valence-corrected chi connectivity index (χ2v) is 15.6. The summed E-state index contributed by atoms with van der Waals surface area (Å²) in [6.07, 6.45) is 0.765. The Morgan fingerprint density at radius 3 is 2.32 bits per heavy atom. The molecule has 4 unspecified atom stereocenters. The summed E-state index contributed by atoms with van der Waals surface area (Å²) in [5.41, 5.74) is 2.34. The van der Waals surface area contributed by atoms with Crippen molar-refractivity contribution >= 4 is 58.2 Å².